The zero-order chi connectivity index (χ0) is 19.2. The van der Waals surface area contributed by atoms with Gasteiger partial charge in [0.05, 0.1) is 36.6 Å². The van der Waals surface area contributed by atoms with Crippen LogP contribution < -0.4 is 10.6 Å². The van der Waals surface area contributed by atoms with Gasteiger partial charge in [-0.15, -0.1) is 5.10 Å². The van der Waals surface area contributed by atoms with Gasteiger partial charge in [0.2, 0.25) is 5.91 Å². The highest BCUT2D eigenvalue weighted by molar-refractivity contribution is 5.94. The minimum atomic E-state index is -0.876. The van der Waals surface area contributed by atoms with E-state index in [9.17, 15) is 19.1 Å². The molecule has 2 aromatic heterocycles. The van der Waals surface area contributed by atoms with Crippen molar-refractivity contribution < 1.29 is 19.1 Å². The molecule has 27 heavy (non-hydrogen) atoms. The number of pyridine rings is 1. The largest absolute Gasteiger partial charge is 0.391 e. The number of carbonyl (C=O) groups excluding carboxylic acids is 2. The van der Waals surface area contributed by atoms with Crippen LogP contribution in [0.25, 0.3) is 0 Å². The summed E-state index contributed by atoms with van der Waals surface area (Å²) in [7, 11) is 0. The summed E-state index contributed by atoms with van der Waals surface area (Å²) in [6.45, 7) is 0.924. The fourth-order valence-electron chi connectivity index (χ4n) is 3.15. The maximum absolute atomic E-state index is 13.6. The van der Waals surface area contributed by atoms with E-state index in [1.807, 2.05) is 0 Å². The van der Waals surface area contributed by atoms with Gasteiger partial charge in [-0.25, -0.2) is 4.39 Å². The summed E-state index contributed by atoms with van der Waals surface area (Å²) in [6.07, 6.45) is 5.87. The molecule has 1 aliphatic carbocycles. The minimum absolute atomic E-state index is 0.120. The number of nitrogens with zero attached hydrogens (tertiary/aromatic N) is 4. The molecule has 2 amide bonds. The Balaban J connectivity index is 1.46. The van der Waals surface area contributed by atoms with Crippen molar-refractivity contribution in [3.8, 4) is 0 Å². The van der Waals surface area contributed by atoms with Gasteiger partial charge in [-0.2, -0.15) is 0 Å². The average molecular weight is 376 g/mol. The fourth-order valence-corrected chi connectivity index (χ4v) is 3.15. The second-order valence-electron chi connectivity index (χ2n) is 6.47. The standard InChI is InChI=1S/C17H21FN6O3/c18-13-10-19-4-3-12(13)17(27)22-14-2-1-11(9-15(14)25)16(26)20-5-7-24-8-6-21-23-24/h3-4,6,8,10-11,14-15,25H,1-2,5,7,9H2,(H,20,26)(H,22,27)/t11-,14-,15-/m0/s1. The molecule has 0 bridgehead atoms. The van der Waals surface area contributed by atoms with Gasteiger partial charge in [-0.3, -0.25) is 19.3 Å². The first-order valence-electron chi connectivity index (χ1n) is 8.75. The summed E-state index contributed by atoms with van der Waals surface area (Å²) in [5, 5.41) is 23.3. The molecule has 0 unspecified atom stereocenters. The number of aromatic nitrogens is 4. The van der Waals surface area contributed by atoms with Crippen molar-refractivity contribution in [1.82, 2.24) is 30.6 Å². The van der Waals surface area contributed by atoms with Crippen LogP contribution in [0, 0.1) is 11.7 Å². The zero-order valence-corrected chi connectivity index (χ0v) is 14.6. The Morgan fingerprint density at radius 1 is 1.33 bits per heavy atom. The van der Waals surface area contributed by atoms with E-state index in [0.717, 1.165) is 6.20 Å². The fraction of sp³-hybridized carbons (Fsp3) is 0.471. The van der Waals surface area contributed by atoms with Crippen molar-refractivity contribution >= 4 is 11.8 Å². The van der Waals surface area contributed by atoms with Crippen molar-refractivity contribution in [2.75, 3.05) is 6.54 Å². The van der Waals surface area contributed by atoms with Crippen LogP contribution in [-0.2, 0) is 11.3 Å². The minimum Gasteiger partial charge on any atom is -0.391 e. The van der Waals surface area contributed by atoms with Gasteiger partial charge in [0.15, 0.2) is 5.82 Å². The number of halogens is 1. The highest BCUT2D eigenvalue weighted by atomic mass is 19.1. The summed E-state index contributed by atoms with van der Waals surface area (Å²) >= 11 is 0. The van der Waals surface area contributed by atoms with E-state index in [0.29, 0.717) is 25.9 Å². The molecule has 1 fully saturated rings. The van der Waals surface area contributed by atoms with E-state index in [-0.39, 0.29) is 23.8 Å². The molecular formula is C17H21FN6O3. The molecule has 0 radical (unpaired) electrons. The molecule has 1 aliphatic rings. The van der Waals surface area contributed by atoms with Crippen molar-refractivity contribution in [2.24, 2.45) is 5.92 Å². The first-order valence-corrected chi connectivity index (χ1v) is 8.75. The van der Waals surface area contributed by atoms with Crippen molar-refractivity contribution in [3.05, 3.63) is 42.2 Å². The molecule has 3 atom stereocenters. The van der Waals surface area contributed by atoms with Crippen molar-refractivity contribution in [2.45, 2.75) is 38.0 Å². The van der Waals surface area contributed by atoms with E-state index in [1.54, 1.807) is 17.1 Å². The lowest BCUT2D eigenvalue weighted by molar-refractivity contribution is -0.127. The van der Waals surface area contributed by atoms with Crippen LogP contribution in [0.3, 0.4) is 0 Å². The molecule has 3 N–H and O–H groups in total. The van der Waals surface area contributed by atoms with Gasteiger partial charge in [-0.05, 0) is 25.3 Å². The zero-order valence-electron chi connectivity index (χ0n) is 14.6. The lowest BCUT2D eigenvalue weighted by Crippen LogP contribution is -2.49. The highest BCUT2D eigenvalue weighted by Gasteiger charge is 2.33. The highest BCUT2D eigenvalue weighted by Crippen LogP contribution is 2.25. The Morgan fingerprint density at radius 3 is 2.89 bits per heavy atom. The van der Waals surface area contributed by atoms with Crippen molar-refractivity contribution in [3.63, 3.8) is 0 Å². The molecular weight excluding hydrogens is 355 g/mol. The Kier molecular flexibility index (Phi) is 6.07. The van der Waals surface area contributed by atoms with Gasteiger partial charge >= 0.3 is 0 Å². The predicted octanol–water partition coefficient (Wildman–Crippen LogP) is -0.112. The number of hydrogen-bond acceptors (Lipinski definition) is 6. The van der Waals surface area contributed by atoms with Gasteiger partial charge in [-0.1, -0.05) is 5.21 Å². The molecule has 0 spiro atoms. The molecule has 2 heterocycles. The topological polar surface area (TPSA) is 122 Å². The second kappa shape index (κ2) is 8.67. The number of carbonyl (C=O) groups is 2. The Hall–Kier alpha value is -2.88. The van der Waals surface area contributed by atoms with Gasteiger partial charge in [0.1, 0.15) is 0 Å². The Labute approximate surface area is 155 Å². The quantitative estimate of drug-likeness (QED) is 0.647. The maximum atomic E-state index is 13.6. The van der Waals surface area contributed by atoms with Crippen molar-refractivity contribution in [1.29, 1.82) is 0 Å². The number of amides is 2. The van der Waals surface area contributed by atoms with Gasteiger partial charge in [0, 0.05) is 24.9 Å². The summed E-state index contributed by atoms with van der Waals surface area (Å²) < 4.78 is 15.2. The molecule has 0 aliphatic heterocycles. The van der Waals surface area contributed by atoms with Gasteiger partial charge < -0.3 is 15.7 Å². The van der Waals surface area contributed by atoms with Crippen LogP contribution >= 0.6 is 0 Å². The number of aliphatic hydroxyl groups excluding tert-OH is 1. The Bertz CT molecular complexity index is 785. The van der Waals surface area contributed by atoms with Crippen LogP contribution in [0.15, 0.2) is 30.9 Å². The third-order valence-electron chi connectivity index (χ3n) is 4.63. The van der Waals surface area contributed by atoms with E-state index in [2.05, 4.69) is 25.9 Å². The lowest BCUT2D eigenvalue weighted by atomic mass is 9.83. The van der Waals surface area contributed by atoms with Crippen LogP contribution in [0.2, 0.25) is 0 Å². The molecule has 144 valence electrons. The molecule has 0 aromatic carbocycles. The van der Waals surface area contributed by atoms with Crippen LogP contribution in [0.5, 0.6) is 0 Å². The average Bonchev–Trinajstić information content (AvgIpc) is 3.17. The number of nitrogens with one attached hydrogen (secondary N) is 2. The SMILES string of the molecule is O=C(N[C@H]1CC[C@H](C(=O)NCCn2ccnn2)C[C@@H]1O)c1ccncc1F. The maximum Gasteiger partial charge on any atom is 0.254 e. The first-order chi connectivity index (χ1) is 13.0. The van der Waals surface area contributed by atoms with E-state index in [4.69, 9.17) is 0 Å². The smallest absolute Gasteiger partial charge is 0.254 e. The van der Waals surface area contributed by atoms with Crippen LogP contribution in [-0.4, -0.2) is 55.6 Å². The summed E-state index contributed by atoms with van der Waals surface area (Å²) in [5.74, 6) is -1.79. The van der Waals surface area contributed by atoms with Crippen LogP contribution in [0.1, 0.15) is 29.6 Å². The second-order valence-corrected chi connectivity index (χ2v) is 6.47. The number of rotatable bonds is 6. The molecule has 3 rings (SSSR count). The summed E-state index contributed by atoms with van der Waals surface area (Å²) in [4.78, 5) is 28.0. The number of aliphatic hydroxyl groups is 1. The lowest BCUT2D eigenvalue weighted by Gasteiger charge is -2.33. The molecule has 2 aromatic rings. The van der Waals surface area contributed by atoms with Gasteiger partial charge in [0.25, 0.3) is 5.91 Å². The van der Waals surface area contributed by atoms with E-state index >= 15 is 0 Å². The molecule has 0 saturated heterocycles. The molecule has 1 saturated carbocycles. The third-order valence-corrected chi connectivity index (χ3v) is 4.63. The first kappa shape index (κ1) is 18.9. The summed E-state index contributed by atoms with van der Waals surface area (Å²) in [6, 6.07) is 0.759. The monoisotopic (exact) mass is 376 g/mol. The third kappa shape index (κ3) is 4.85. The normalized spacial score (nSPS) is 22.2. The van der Waals surface area contributed by atoms with Crippen LogP contribution in [0.4, 0.5) is 4.39 Å². The summed E-state index contributed by atoms with van der Waals surface area (Å²) in [5.41, 5.74) is -0.120. The predicted molar refractivity (Wildman–Crippen MR) is 91.8 cm³/mol. The number of hydrogen-bond donors (Lipinski definition) is 3. The molecule has 10 heteroatoms. The Morgan fingerprint density at radius 2 is 2.19 bits per heavy atom. The van der Waals surface area contributed by atoms with E-state index < -0.39 is 23.9 Å². The molecule has 9 nitrogen and oxygen atoms in total. The van der Waals surface area contributed by atoms with E-state index in [1.165, 1.54) is 12.3 Å².